The Bertz CT molecular complexity index is 192. The van der Waals surface area contributed by atoms with Gasteiger partial charge >= 0.3 is 0 Å². The maximum atomic E-state index is 5.69. The van der Waals surface area contributed by atoms with Crippen LogP contribution in [0.2, 0.25) is 19.6 Å². The summed E-state index contributed by atoms with van der Waals surface area (Å²) in [7, 11) is 1.62. The van der Waals surface area contributed by atoms with Crippen molar-refractivity contribution in [3.63, 3.8) is 0 Å². The van der Waals surface area contributed by atoms with Crippen LogP contribution in [-0.4, -0.2) is 22.5 Å². The smallest absolute Gasteiger partial charge is 0.242 e. The number of hydrogen-bond acceptors (Lipinski definition) is 3. The van der Waals surface area contributed by atoms with E-state index in [9.17, 15) is 0 Å². The average molecular weight is 202 g/mol. The Morgan fingerprint density at radius 2 is 1.69 bits per heavy atom. The molecule has 0 aromatic carbocycles. The van der Waals surface area contributed by atoms with E-state index in [0.717, 1.165) is 0 Å². The molecule has 0 rings (SSSR count). The first-order valence-corrected chi connectivity index (χ1v) is 7.52. The molecular weight excluding hydrogens is 184 g/mol. The second kappa shape index (κ2) is 5.69. The van der Waals surface area contributed by atoms with Gasteiger partial charge in [0, 0.05) is 6.08 Å². The molecule has 0 aromatic heterocycles. The standard InChI is InChI=1S/C9H18O3Si/c1-10-7-6-9(8-11-2)12-13(3,4)5/h6-8H,1-5H3/b7-6+,9-8-. The van der Waals surface area contributed by atoms with Crippen molar-refractivity contribution >= 4 is 8.32 Å². The van der Waals surface area contributed by atoms with Gasteiger partial charge < -0.3 is 13.9 Å². The molecular formula is C9H18O3Si. The van der Waals surface area contributed by atoms with Gasteiger partial charge in [-0.15, -0.1) is 0 Å². The molecule has 0 bridgehead atoms. The lowest BCUT2D eigenvalue weighted by Crippen LogP contribution is -2.24. The summed E-state index contributed by atoms with van der Waals surface area (Å²) < 4.78 is 15.4. The van der Waals surface area contributed by atoms with Gasteiger partial charge in [-0.3, -0.25) is 0 Å². The van der Waals surface area contributed by atoms with Crippen LogP contribution in [0.25, 0.3) is 0 Å². The van der Waals surface area contributed by atoms with Crippen molar-refractivity contribution in [2.45, 2.75) is 19.6 Å². The van der Waals surface area contributed by atoms with E-state index in [4.69, 9.17) is 13.9 Å². The zero-order valence-corrected chi connectivity index (χ0v) is 9.96. The molecule has 0 aromatic rings. The minimum Gasteiger partial charge on any atom is -0.542 e. The highest BCUT2D eigenvalue weighted by molar-refractivity contribution is 6.70. The summed E-state index contributed by atoms with van der Waals surface area (Å²) in [5.41, 5.74) is 0. The third-order valence-electron chi connectivity index (χ3n) is 1.03. The van der Waals surface area contributed by atoms with Gasteiger partial charge in [0.15, 0.2) is 0 Å². The Morgan fingerprint density at radius 3 is 2.08 bits per heavy atom. The maximum Gasteiger partial charge on any atom is 0.242 e. The molecule has 0 aliphatic rings. The lowest BCUT2D eigenvalue weighted by molar-refractivity contribution is 0.303. The molecule has 0 fully saturated rings. The van der Waals surface area contributed by atoms with E-state index < -0.39 is 8.32 Å². The average Bonchev–Trinajstić information content (AvgIpc) is 1.98. The monoisotopic (exact) mass is 202 g/mol. The fourth-order valence-corrected chi connectivity index (χ4v) is 1.53. The predicted octanol–water partition coefficient (Wildman–Crippen LogP) is 2.49. The van der Waals surface area contributed by atoms with E-state index in [0.29, 0.717) is 5.76 Å². The highest BCUT2D eigenvalue weighted by Crippen LogP contribution is 2.11. The van der Waals surface area contributed by atoms with E-state index >= 15 is 0 Å². The number of ether oxygens (including phenoxy) is 2. The molecule has 0 aliphatic heterocycles. The molecule has 0 radical (unpaired) electrons. The summed E-state index contributed by atoms with van der Waals surface area (Å²) in [6, 6.07) is 0. The third-order valence-corrected chi connectivity index (χ3v) is 1.87. The summed E-state index contributed by atoms with van der Waals surface area (Å²) in [5.74, 6) is 0.698. The highest BCUT2D eigenvalue weighted by Gasteiger charge is 2.16. The summed E-state index contributed by atoms with van der Waals surface area (Å²) >= 11 is 0. The van der Waals surface area contributed by atoms with Crippen LogP contribution in [0, 0.1) is 0 Å². The minimum absolute atomic E-state index is 0.698. The zero-order chi connectivity index (χ0) is 10.3. The summed E-state index contributed by atoms with van der Waals surface area (Å²) in [6.07, 6.45) is 4.86. The normalized spacial score (nSPS) is 13.2. The first kappa shape index (κ1) is 12.1. The zero-order valence-electron chi connectivity index (χ0n) is 8.96. The lowest BCUT2D eigenvalue weighted by Gasteiger charge is -2.19. The molecule has 0 amide bonds. The van der Waals surface area contributed by atoms with E-state index in [-0.39, 0.29) is 0 Å². The van der Waals surface area contributed by atoms with Crippen molar-refractivity contribution in [2.75, 3.05) is 14.2 Å². The molecule has 0 unspecified atom stereocenters. The molecule has 76 valence electrons. The maximum absolute atomic E-state index is 5.69. The third kappa shape index (κ3) is 7.46. The van der Waals surface area contributed by atoms with Crippen molar-refractivity contribution in [1.82, 2.24) is 0 Å². The molecule has 13 heavy (non-hydrogen) atoms. The van der Waals surface area contributed by atoms with Crippen molar-refractivity contribution in [1.29, 1.82) is 0 Å². The Labute approximate surface area is 81.1 Å². The Balaban J connectivity index is 4.28. The summed E-state index contributed by atoms with van der Waals surface area (Å²) in [4.78, 5) is 0. The van der Waals surface area contributed by atoms with Crippen LogP contribution in [0.1, 0.15) is 0 Å². The molecule has 0 saturated heterocycles. The molecule has 0 atom stereocenters. The van der Waals surface area contributed by atoms with E-state index in [1.54, 1.807) is 32.8 Å². The molecule has 0 aliphatic carbocycles. The van der Waals surface area contributed by atoms with Gasteiger partial charge in [0.25, 0.3) is 0 Å². The molecule has 0 saturated carbocycles. The molecule has 0 heterocycles. The first-order valence-electron chi connectivity index (χ1n) is 4.11. The first-order chi connectivity index (χ1) is 5.99. The topological polar surface area (TPSA) is 27.7 Å². The minimum atomic E-state index is -1.56. The van der Waals surface area contributed by atoms with Crippen molar-refractivity contribution < 1.29 is 13.9 Å². The fourth-order valence-electron chi connectivity index (χ4n) is 0.702. The predicted molar refractivity (Wildman–Crippen MR) is 55.7 cm³/mol. The van der Waals surface area contributed by atoms with E-state index in [2.05, 4.69) is 19.6 Å². The van der Waals surface area contributed by atoms with Crippen LogP contribution in [0.5, 0.6) is 0 Å². The van der Waals surface area contributed by atoms with Crippen molar-refractivity contribution in [3.05, 3.63) is 24.4 Å². The van der Waals surface area contributed by atoms with E-state index in [1.165, 1.54) is 0 Å². The summed E-state index contributed by atoms with van der Waals surface area (Å²) in [6.45, 7) is 6.32. The van der Waals surface area contributed by atoms with Crippen LogP contribution >= 0.6 is 0 Å². The van der Waals surface area contributed by atoms with Gasteiger partial charge in [-0.1, -0.05) is 0 Å². The van der Waals surface area contributed by atoms with Crippen LogP contribution in [0.15, 0.2) is 24.4 Å². The highest BCUT2D eigenvalue weighted by atomic mass is 28.4. The van der Waals surface area contributed by atoms with Crippen LogP contribution < -0.4 is 0 Å². The Morgan fingerprint density at radius 1 is 1.08 bits per heavy atom. The van der Waals surface area contributed by atoms with Crippen LogP contribution in [0.4, 0.5) is 0 Å². The van der Waals surface area contributed by atoms with Gasteiger partial charge in [-0.25, -0.2) is 0 Å². The van der Waals surface area contributed by atoms with Gasteiger partial charge in [-0.05, 0) is 19.6 Å². The fraction of sp³-hybridized carbons (Fsp3) is 0.556. The Kier molecular flexibility index (Phi) is 5.30. The Hall–Kier alpha value is -0.903. The summed E-state index contributed by atoms with van der Waals surface area (Å²) in [5, 5.41) is 0. The van der Waals surface area contributed by atoms with E-state index in [1.807, 2.05) is 0 Å². The van der Waals surface area contributed by atoms with Gasteiger partial charge in [-0.2, -0.15) is 0 Å². The quantitative estimate of drug-likeness (QED) is 0.389. The molecule has 0 spiro atoms. The van der Waals surface area contributed by atoms with Crippen LogP contribution in [-0.2, 0) is 13.9 Å². The molecule has 0 N–H and O–H groups in total. The number of allylic oxidation sites excluding steroid dienone is 1. The second-order valence-electron chi connectivity index (χ2n) is 3.51. The van der Waals surface area contributed by atoms with Crippen LogP contribution in [0.3, 0.4) is 0 Å². The second-order valence-corrected chi connectivity index (χ2v) is 7.94. The van der Waals surface area contributed by atoms with Crippen molar-refractivity contribution in [3.8, 4) is 0 Å². The van der Waals surface area contributed by atoms with Crippen molar-refractivity contribution in [2.24, 2.45) is 0 Å². The number of hydrogen-bond donors (Lipinski definition) is 0. The van der Waals surface area contributed by atoms with Gasteiger partial charge in [0.2, 0.25) is 8.32 Å². The molecule has 4 heteroatoms. The SMILES string of the molecule is CO/C=C(/C=C/OC)O[Si](C)(C)C. The number of methoxy groups -OCH3 is 2. The largest absolute Gasteiger partial charge is 0.542 e. The van der Waals surface area contributed by atoms with Gasteiger partial charge in [0.1, 0.15) is 12.0 Å². The van der Waals surface area contributed by atoms with Gasteiger partial charge in [0.05, 0.1) is 20.5 Å². The lowest BCUT2D eigenvalue weighted by atomic mass is 10.5. The number of rotatable bonds is 5. The molecule has 3 nitrogen and oxygen atoms in total.